The van der Waals surface area contributed by atoms with Crippen LogP contribution >= 0.6 is 22.6 Å². The Labute approximate surface area is 126 Å². The van der Waals surface area contributed by atoms with Gasteiger partial charge in [-0.15, -0.1) is 0 Å². The van der Waals surface area contributed by atoms with E-state index in [0.717, 1.165) is 30.2 Å². The number of para-hydroxylation sites is 1. The van der Waals surface area contributed by atoms with Crippen LogP contribution in [0, 0.1) is 3.57 Å². The van der Waals surface area contributed by atoms with Gasteiger partial charge in [0.05, 0.1) is 0 Å². The fraction of sp³-hybridized carbons (Fsp3) is 0.200. The molecule has 0 saturated heterocycles. The van der Waals surface area contributed by atoms with E-state index in [1.54, 1.807) is 0 Å². The first-order valence-electron chi connectivity index (χ1n) is 6.15. The van der Waals surface area contributed by atoms with Gasteiger partial charge in [0.15, 0.2) is 11.5 Å². The molecule has 3 rings (SSSR count). The summed E-state index contributed by atoms with van der Waals surface area (Å²) in [6, 6.07) is 14.5. The molecule has 1 aliphatic rings. The summed E-state index contributed by atoms with van der Waals surface area (Å²) in [4.78, 5) is 0. The van der Waals surface area contributed by atoms with Crippen molar-refractivity contribution in [2.24, 2.45) is 0 Å². The molecule has 0 unspecified atom stereocenters. The first kappa shape index (κ1) is 12.7. The zero-order valence-electron chi connectivity index (χ0n) is 10.4. The van der Waals surface area contributed by atoms with E-state index in [0.29, 0.717) is 6.79 Å². The highest BCUT2D eigenvalue weighted by Crippen LogP contribution is 2.35. The third-order valence-electron chi connectivity index (χ3n) is 3.04. The van der Waals surface area contributed by atoms with Gasteiger partial charge in [-0.05, 0) is 46.4 Å². The molecule has 19 heavy (non-hydrogen) atoms. The van der Waals surface area contributed by atoms with Crippen LogP contribution < -0.4 is 14.8 Å². The number of hydrogen-bond acceptors (Lipinski definition) is 3. The predicted molar refractivity (Wildman–Crippen MR) is 82.3 cm³/mol. The summed E-state index contributed by atoms with van der Waals surface area (Å²) in [6.45, 7) is 1.95. The first-order chi connectivity index (χ1) is 9.33. The van der Waals surface area contributed by atoms with Gasteiger partial charge in [-0.2, -0.15) is 0 Å². The maximum atomic E-state index is 5.48. The van der Waals surface area contributed by atoms with Crippen LogP contribution in [0.25, 0.3) is 0 Å². The molecule has 0 amide bonds. The van der Waals surface area contributed by atoms with Gasteiger partial charge < -0.3 is 14.8 Å². The van der Waals surface area contributed by atoms with E-state index >= 15 is 0 Å². The van der Waals surface area contributed by atoms with E-state index in [1.165, 1.54) is 9.13 Å². The molecule has 0 aromatic heterocycles. The van der Waals surface area contributed by atoms with Crippen LogP contribution in [-0.2, 0) is 13.1 Å². The topological polar surface area (TPSA) is 30.5 Å². The Morgan fingerprint density at radius 2 is 1.84 bits per heavy atom. The molecular weight excluding hydrogens is 353 g/mol. The summed E-state index contributed by atoms with van der Waals surface area (Å²) in [5.41, 5.74) is 2.42. The lowest BCUT2D eigenvalue weighted by molar-refractivity contribution is 0.173. The smallest absolute Gasteiger partial charge is 0.231 e. The van der Waals surface area contributed by atoms with Gasteiger partial charge in [0, 0.05) is 22.2 Å². The van der Waals surface area contributed by atoms with Gasteiger partial charge in [-0.3, -0.25) is 0 Å². The van der Waals surface area contributed by atoms with Crippen LogP contribution in [0.15, 0.2) is 42.5 Å². The van der Waals surface area contributed by atoms with Crippen LogP contribution in [0.4, 0.5) is 0 Å². The van der Waals surface area contributed by atoms with Crippen molar-refractivity contribution in [1.29, 1.82) is 0 Å². The molecular formula is C15H14INO2. The zero-order valence-corrected chi connectivity index (χ0v) is 12.5. The number of hydrogen-bond donors (Lipinski definition) is 1. The van der Waals surface area contributed by atoms with E-state index in [-0.39, 0.29) is 0 Å². The molecule has 0 atom stereocenters. The van der Waals surface area contributed by atoms with Crippen LogP contribution in [0.3, 0.4) is 0 Å². The van der Waals surface area contributed by atoms with Gasteiger partial charge >= 0.3 is 0 Å². The Morgan fingerprint density at radius 1 is 1.00 bits per heavy atom. The van der Waals surface area contributed by atoms with Crippen molar-refractivity contribution < 1.29 is 9.47 Å². The Kier molecular flexibility index (Phi) is 3.89. The van der Waals surface area contributed by atoms with Crippen molar-refractivity contribution in [2.45, 2.75) is 13.1 Å². The van der Waals surface area contributed by atoms with Gasteiger partial charge in [-0.25, -0.2) is 0 Å². The molecule has 2 aromatic rings. The van der Waals surface area contributed by atoms with Gasteiger partial charge in [0.25, 0.3) is 0 Å². The lowest BCUT2D eigenvalue weighted by atomic mass is 10.1. The van der Waals surface area contributed by atoms with E-state index < -0.39 is 0 Å². The molecule has 98 valence electrons. The minimum Gasteiger partial charge on any atom is -0.454 e. The summed E-state index contributed by atoms with van der Waals surface area (Å²) >= 11 is 2.31. The summed E-state index contributed by atoms with van der Waals surface area (Å²) in [7, 11) is 0. The molecule has 0 aliphatic carbocycles. The molecule has 0 spiro atoms. The second kappa shape index (κ2) is 5.79. The first-order valence-corrected chi connectivity index (χ1v) is 7.23. The lowest BCUT2D eigenvalue weighted by Crippen LogP contribution is -2.13. The fourth-order valence-electron chi connectivity index (χ4n) is 2.07. The van der Waals surface area contributed by atoms with E-state index in [4.69, 9.17) is 9.47 Å². The maximum Gasteiger partial charge on any atom is 0.231 e. The van der Waals surface area contributed by atoms with Crippen molar-refractivity contribution in [3.8, 4) is 11.5 Å². The maximum absolute atomic E-state index is 5.48. The molecule has 1 aliphatic heterocycles. The Morgan fingerprint density at radius 3 is 2.68 bits per heavy atom. The largest absolute Gasteiger partial charge is 0.454 e. The van der Waals surface area contributed by atoms with E-state index in [2.05, 4.69) is 58.2 Å². The SMILES string of the molecule is Ic1ccc(CNCc2cccc3c2OCO3)cc1. The highest BCUT2D eigenvalue weighted by atomic mass is 127. The lowest BCUT2D eigenvalue weighted by Gasteiger charge is -2.08. The molecule has 0 saturated carbocycles. The monoisotopic (exact) mass is 367 g/mol. The van der Waals surface area contributed by atoms with E-state index in [9.17, 15) is 0 Å². The molecule has 1 N–H and O–H groups in total. The number of ether oxygens (including phenoxy) is 2. The van der Waals surface area contributed by atoms with Crippen LogP contribution in [0.1, 0.15) is 11.1 Å². The summed E-state index contributed by atoms with van der Waals surface area (Å²) in [6.07, 6.45) is 0. The average molecular weight is 367 g/mol. The Bertz CT molecular complexity index is 569. The Hall–Kier alpha value is -1.27. The highest BCUT2D eigenvalue weighted by Gasteiger charge is 2.16. The molecule has 0 bridgehead atoms. The van der Waals surface area contributed by atoms with Crippen molar-refractivity contribution in [3.63, 3.8) is 0 Å². The molecule has 1 heterocycles. The number of fused-ring (bicyclic) bond motifs is 1. The molecule has 0 fully saturated rings. The highest BCUT2D eigenvalue weighted by molar-refractivity contribution is 14.1. The van der Waals surface area contributed by atoms with Crippen molar-refractivity contribution in [3.05, 3.63) is 57.2 Å². The Balaban J connectivity index is 1.61. The van der Waals surface area contributed by atoms with Gasteiger partial charge in [-0.1, -0.05) is 24.3 Å². The molecule has 2 aromatic carbocycles. The average Bonchev–Trinajstić information content (AvgIpc) is 2.90. The van der Waals surface area contributed by atoms with E-state index in [1.807, 2.05) is 12.1 Å². The quantitative estimate of drug-likeness (QED) is 0.842. The van der Waals surface area contributed by atoms with Crippen LogP contribution in [0.2, 0.25) is 0 Å². The number of halogens is 1. The summed E-state index contributed by atoms with van der Waals surface area (Å²) in [5.74, 6) is 1.71. The minimum atomic E-state index is 0.323. The minimum absolute atomic E-state index is 0.323. The fourth-order valence-corrected chi connectivity index (χ4v) is 2.43. The van der Waals surface area contributed by atoms with Crippen molar-refractivity contribution >= 4 is 22.6 Å². The normalized spacial score (nSPS) is 12.7. The number of nitrogens with one attached hydrogen (secondary N) is 1. The third kappa shape index (κ3) is 3.01. The summed E-state index contributed by atoms with van der Waals surface area (Å²) < 4.78 is 12.1. The molecule has 3 nitrogen and oxygen atoms in total. The third-order valence-corrected chi connectivity index (χ3v) is 3.76. The number of rotatable bonds is 4. The molecule has 0 radical (unpaired) electrons. The van der Waals surface area contributed by atoms with Crippen LogP contribution in [-0.4, -0.2) is 6.79 Å². The predicted octanol–water partition coefficient (Wildman–Crippen LogP) is 3.31. The van der Waals surface area contributed by atoms with Crippen LogP contribution in [0.5, 0.6) is 11.5 Å². The van der Waals surface area contributed by atoms with Gasteiger partial charge in [0.1, 0.15) is 0 Å². The standard InChI is InChI=1S/C15H14INO2/c16-13-6-4-11(5-7-13)8-17-9-12-2-1-3-14-15(12)19-10-18-14/h1-7,17H,8-10H2. The van der Waals surface area contributed by atoms with Crippen molar-refractivity contribution in [1.82, 2.24) is 5.32 Å². The second-order valence-corrected chi connectivity index (χ2v) is 5.63. The number of benzene rings is 2. The van der Waals surface area contributed by atoms with Crippen molar-refractivity contribution in [2.75, 3.05) is 6.79 Å². The zero-order chi connectivity index (χ0) is 13.1. The van der Waals surface area contributed by atoms with Gasteiger partial charge in [0.2, 0.25) is 6.79 Å². The second-order valence-electron chi connectivity index (χ2n) is 4.38. The summed E-state index contributed by atoms with van der Waals surface area (Å²) in [5, 5.41) is 3.43. The molecule has 4 heteroatoms.